The summed E-state index contributed by atoms with van der Waals surface area (Å²) in [4.78, 5) is 2.14. The van der Waals surface area contributed by atoms with Crippen molar-refractivity contribution < 1.29 is 14.6 Å². The first-order chi connectivity index (χ1) is 9.56. The Kier molecular flexibility index (Phi) is 7.53. The van der Waals surface area contributed by atoms with Gasteiger partial charge in [-0.15, -0.1) is 0 Å². The Bertz CT molecular complexity index is 372. The van der Waals surface area contributed by atoms with E-state index in [4.69, 9.17) is 15.2 Å². The number of aliphatic hydroxyl groups is 1. The van der Waals surface area contributed by atoms with E-state index in [1.54, 1.807) is 31.3 Å². The zero-order valence-electron chi connectivity index (χ0n) is 12.5. The van der Waals surface area contributed by atoms with Crippen LogP contribution in [0.3, 0.4) is 0 Å². The largest absolute Gasteiger partial charge is 0.396 e. The van der Waals surface area contributed by atoms with Crippen LogP contribution in [-0.2, 0) is 16.0 Å². The molecule has 7 nitrogen and oxygen atoms in total. The summed E-state index contributed by atoms with van der Waals surface area (Å²) in [6.07, 6.45) is 2.76. The van der Waals surface area contributed by atoms with E-state index in [2.05, 4.69) is 16.9 Å². The van der Waals surface area contributed by atoms with Crippen molar-refractivity contribution in [2.45, 2.75) is 25.6 Å². The van der Waals surface area contributed by atoms with Crippen LogP contribution in [0.4, 0.5) is 5.69 Å². The monoisotopic (exact) mass is 286 g/mol. The van der Waals surface area contributed by atoms with Crippen molar-refractivity contribution in [1.82, 2.24) is 14.7 Å². The second kappa shape index (κ2) is 8.91. The van der Waals surface area contributed by atoms with E-state index in [1.165, 1.54) is 0 Å². The van der Waals surface area contributed by atoms with E-state index < -0.39 is 6.10 Å². The standard InChI is InChI=1S/C13H26N4O3/c1-11(10-20-3)16(4-5-19-2)8-13(18)9-17-7-12(14)6-15-17/h6-7,11,13,18H,4-5,8-10,14H2,1-3H3. The van der Waals surface area contributed by atoms with E-state index >= 15 is 0 Å². The minimum absolute atomic E-state index is 0.215. The maximum absolute atomic E-state index is 10.2. The van der Waals surface area contributed by atoms with Gasteiger partial charge in [0, 0.05) is 39.5 Å². The Balaban J connectivity index is 2.49. The molecule has 0 saturated heterocycles. The molecule has 20 heavy (non-hydrogen) atoms. The molecule has 2 unspecified atom stereocenters. The number of nitrogens with two attached hydrogens (primary N) is 1. The lowest BCUT2D eigenvalue weighted by molar-refractivity contribution is 0.0327. The van der Waals surface area contributed by atoms with Gasteiger partial charge in [0.15, 0.2) is 0 Å². The van der Waals surface area contributed by atoms with E-state index in [1.807, 2.05) is 0 Å². The molecule has 3 N–H and O–H groups in total. The van der Waals surface area contributed by atoms with Crippen molar-refractivity contribution in [2.24, 2.45) is 0 Å². The molecule has 0 aromatic carbocycles. The Morgan fingerprint density at radius 1 is 1.45 bits per heavy atom. The molecule has 0 aliphatic heterocycles. The number of hydrogen-bond acceptors (Lipinski definition) is 6. The van der Waals surface area contributed by atoms with Crippen molar-refractivity contribution in [1.29, 1.82) is 0 Å². The predicted octanol–water partition coefficient (Wildman–Crippen LogP) is -0.190. The van der Waals surface area contributed by atoms with Crippen LogP contribution >= 0.6 is 0 Å². The Hall–Kier alpha value is -1.15. The van der Waals surface area contributed by atoms with Gasteiger partial charge in [0.2, 0.25) is 0 Å². The molecular formula is C13H26N4O3. The highest BCUT2D eigenvalue weighted by molar-refractivity contribution is 5.30. The van der Waals surface area contributed by atoms with Gasteiger partial charge in [0.25, 0.3) is 0 Å². The molecule has 2 atom stereocenters. The van der Waals surface area contributed by atoms with E-state index in [-0.39, 0.29) is 6.04 Å². The fraction of sp³-hybridized carbons (Fsp3) is 0.769. The number of ether oxygens (including phenoxy) is 2. The fourth-order valence-electron chi connectivity index (χ4n) is 2.07. The highest BCUT2D eigenvalue weighted by Crippen LogP contribution is 2.05. The van der Waals surface area contributed by atoms with Crippen molar-refractivity contribution in [3.8, 4) is 0 Å². The Morgan fingerprint density at radius 2 is 2.20 bits per heavy atom. The summed E-state index contributed by atoms with van der Waals surface area (Å²) in [5.41, 5.74) is 6.20. The molecule has 0 aliphatic rings. The van der Waals surface area contributed by atoms with Crippen molar-refractivity contribution in [3.05, 3.63) is 12.4 Å². The number of nitrogens with zero attached hydrogens (tertiary/aromatic N) is 3. The number of rotatable bonds is 10. The zero-order valence-corrected chi connectivity index (χ0v) is 12.5. The summed E-state index contributed by atoms with van der Waals surface area (Å²) in [5.74, 6) is 0. The maximum Gasteiger partial charge on any atom is 0.0862 e. The number of anilines is 1. The van der Waals surface area contributed by atoms with Gasteiger partial charge in [-0.1, -0.05) is 0 Å². The molecule has 0 aliphatic carbocycles. The first-order valence-electron chi connectivity index (χ1n) is 6.74. The lowest BCUT2D eigenvalue weighted by Crippen LogP contribution is -2.44. The van der Waals surface area contributed by atoms with Gasteiger partial charge in [-0.3, -0.25) is 9.58 Å². The molecule has 0 spiro atoms. The molecule has 0 fully saturated rings. The van der Waals surface area contributed by atoms with Gasteiger partial charge in [-0.2, -0.15) is 5.10 Å². The Labute approximate surface area is 120 Å². The molecule has 0 bridgehead atoms. The van der Waals surface area contributed by atoms with Gasteiger partial charge < -0.3 is 20.3 Å². The fourth-order valence-corrected chi connectivity index (χ4v) is 2.07. The molecule has 1 aromatic rings. The first kappa shape index (κ1) is 16.9. The van der Waals surface area contributed by atoms with E-state index in [0.717, 1.165) is 6.54 Å². The van der Waals surface area contributed by atoms with Gasteiger partial charge in [0.05, 0.1) is 37.7 Å². The van der Waals surface area contributed by atoms with Crippen molar-refractivity contribution in [3.63, 3.8) is 0 Å². The summed E-state index contributed by atoms with van der Waals surface area (Å²) in [6.45, 7) is 5.01. The molecule has 0 saturated carbocycles. The number of aromatic nitrogens is 2. The van der Waals surface area contributed by atoms with Gasteiger partial charge in [-0.25, -0.2) is 0 Å². The normalized spacial score (nSPS) is 14.7. The van der Waals surface area contributed by atoms with Gasteiger partial charge in [0.1, 0.15) is 0 Å². The van der Waals surface area contributed by atoms with Crippen LogP contribution in [0, 0.1) is 0 Å². The molecule has 1 heterocycles. The second-order valence-electron chi connectivity index (χ2n) is 4.94. The third-order valence-corrected chi connectivity index (χ3v) is 3.11. The zero-order chi connectivity index (χ0) is 15.0. The third kappa shape index (κ3) is 5.87. The van der Waals surface area contributed by atoms with Crippen LogP contribution in [0.25, 0.3) is 0 Å². The van der Waals surface area contributed by atoms with Crippen LogP contribution in [-0.4, -0.2) is 72.5 Å². The van der Waals surface area contributed by atoms with E-state index in [9.17, 15) is 5.11 Å². The summed E-state index contributed by atoms with van der Waals surface area (Å²) >= 11 is 0. The summed E-state index contributed by atoms with van der Waals surface area (Å²) in [6, 6.07) is 0.215. The number of methoxy groups -OCH3 is 2. The lowest BCUT2D eigenvalue weighted by Gasteiger charge is -2.30. The summed E-state index contributed by atoms with van der Waals surface area (Å²) in [5, 5.41) is 14.2. The second-order valence-corrected chi connectivity index (χ2v) is 4.94. The molecule has 0 amide bonds. The minimum atomic E-state index is -0.523. The molecule has 0 radical (unpaired) electrons. The van der Waals surface area contributed by atoms with Crippen LogP contribution < -0.4 is 5.73 Å². The minimum Gasteiger partial charge on any atom is -0.396 e. The molecule has 116 valence electrons. The summed E-state index contributed by atoms with van der Waals surface area (Å²) in [7, 11) is 3.34. The lowest BCUT2D eigenvalue weighted by atomic mass is 10.2. The smallest absolute Gasteiger partial charge is 0.0862 e. The van der Waals surface area contributed by atoms with Crippen LogP contribution in [0.1, 0.15) is 6.92 Å². The topological polar surface area (TPSA) is 85.8 Å². The van der Waals surface area contributed by atoms with E-state index in [0.29, 0.717) is 32.0 Å². The average Bonchev–Trinajstić information content (AvgIpc) is 2.80. The SMILES string of the molecule is COCCN(CC(O)Cn1cc(N)cn1)C(C)COC. The highest BCUT2D eigenvalue weighted by Gasteiger charge is 2.18. The van der Waals surface area contributed by atoms with Crippen LogP contribution in [0.2, 0.25) is 0 Å². The highest BCUT2D eigenvalue weighted by atomic mass is 16.5. The first-order valence-corrected chi connectivity index (χ1v) is 6.74. The van der Waals surface area contributed by atoms with Crippen molar-refractivity contribution >= 4 is 5.69 Å². The number of nitrogen functional groups attached to an aromatic ring is 1. The molecule has 1 rings (SSSR count). The number of hydrogen-bond donors (Lipinski definition) is 2. The van der Waals surface area contributed by atoms with Crippen LogP contribution in [0.15, 0.2) is 12.4 Å². The maximum atomic E-state index is 10.2. The molecular weight excluding hydrogens is 260 g/mol. The van der Waals surface area contributed by atoms with Crippen LogP contribution in [0.5, 0.6) is 0 Å². The summed E-state index contributed by atoms with van der Waals surface area (Å²) < 4.78 is 11.9. The van der Waals surface area contributed by atoms with Gasteiger partial charge in [-0.05, 0) is 6.92 Å². The quantitative estimate of drug-likeness (QED) is 0.620. The molecule has 1 aromatic heterocycles. The predicted molar refractivity (Wildman–Crippen MR) is 77.4 cm³/mol. The van der Waals surface area contributed by atoms with Gasteiger partial charge >= 0.3 is 0 Å². The average molecular weight is 286 g/mol. The Morgan fingerprint density at radius 3 is 2.75 bits per heavy atom. The third-order valence-electron chi connectivity index (χ3n) is 3.11. The number of aliphatic hydroxyl groups excluding tert-OH is 1. The molecule has 7 heteroatoms. The van der Waals surface area contributed by atoms with Crippen molar-refractivity contribution in [2.75, 3.05) is 46.3 Å².